The molecule has 0 bridgehead atoms. The van der Waals surface area contributed by atoms with Crippen LogP contribution in [0.1, 0.15) is 12.8 Å². The summed E-state index contributed by atoms with van der Waals surface area (Å²) in [6, 6.07) is 21.1. The van der Waals surface area contributed by atoms with E-state index >= 15 is 0 Å². The van der Waals surface area contributed by atoms with Crippen LogP contribution in [-0.4, -0.2) is 22.5 Å². The van der Waals surface area contributed by atoms with E-state index in [0.717, 1.165) is 19.4 Å². The van der Waals surface area contributed by atoms with Crippen molar-refractivity contribution >= 4 is 18.7 Å². The van der Waals surface area contributed by atoms with E-state index < -0.39 is 8.07 Å². The van der Waals surface area contributed by atoms with Gasteiger partial charge in [-0.1, -0.05) is 60.7 Å². The summed E-state index contributed by atoms with van der Waals surface area (Å²) in [4.78, 5) is 0. The van der Waals surface area contributed by atoms with E-state index in [9.17, 15) is 5.11 Å². The lowest BCUT2D eigenvalue weighted by Crippen LogP contribution is -2.32. The minimum atomic E-state index is -0.608. The van der Waals surface area contributed by atoms with Gasteiger partial charge in [-0.3, -0.25) is 0 Å². The molecular formula is C16H18NOP. The smallest absolute Gasteiger partial charge is 0.111 e. The van der Waals surface area contributed by atoms with Crippen LogP contribution in [0.25, 0.3) is 0 Å². The molecule has 1 saturated heterocycles. The minimum absolute atomic E-state index is 0.300. The summed E-state index contributed by atoms with van der Waals surface area (Å²) in [6.45, 7) is 0.983. The normalized spacial score (nSPS) is 20.0. The average Bonchev–Trinajstić information content (AvgIpc) is 2.88. The fourth-order valence-corrected chi connectivity index (χ4v) is 5.08. The second kappa shape index (κ2) is 5.83. The van der Waals surface area contributed by atoms with Crippen LogP contribution in [0.5, 0.6) is 0 Å². The highest BCUT2D eigenvalue weighted by Crippen LogP contribution is 2.42. The van der Waals surface area contributed by atoms with Crippen molar-refractivity contribution in [3.05, 3.63) is 60.7 Å². The van der Waals surface area contributed by atoms with Gasteiger partial charge < -0.3 is 5.11 Å². The summed E-state index contributed by atoms with van der Waals surface area (Å²) in [7, 11) is -0.608. The summed E-state index contributed by atoms with van der Waals surface area (Å²) >= 11 is 0. The number of hydrogen-bond donors (Lipinski definition) is 1. The fraction of sp³-hybridized carbons (Fsp3) is 0.250. The third-order valence-electron chi connectivity index (χ3n) is 3.45. The Labute approximate surface area is 115 Å². The van der Waals surface area contributed by atoms with E-state index in [1.807, 2.05) is 12.1 Å². The summed E-state index contributed by atoms with van der Waals surface area (Å²) in [5.74, 6) is 0. The van der Waals surface area contributed by atoms with Gasteiger partial charge in [-0.15, -0.1) is 0 Å². The molecule has 3 rings (SSSR count). The van der Waals surface area contributed by atoms with E-state index in [1.165, 1.54) is 10.6 Å². The molecule has 0 aliphatic carbocycles. The molecule has 0 saturated carbocycles. The standard InChI is InChI=1S/C16H18NOP/c18-16-12-7-13-17(16)19(14-8-3-1-4-9-14)15-10-5-2-6-11-15/h1-6,8-11,16,18H,7,12-13H2. The molecule has 1 atom stereocenters. The maximum Gasteiger partial charge on any atom is 0.111 e. The van der Waals surface area contributed by atoms with Crippen LogP contribution in [0.2, 0.25) is 0 Å². The summed E-state index contributed by atoms with van der Waals surface area (Å²) in [5, 5.41) is 12.8. The van der Waals surface area contributed by atoms with Gasteiger partial charge in [0.15, 0.2) is 0 Å². The van der Waals surface area contributed by atoms with Crippen LogP contribution in [0.4, 0.5) is 0 Å². The molecule has 0 aromatic heterocycles. The molecule has 0 amide bonds. The Kier molecular flexibility index (Phi) is 3.93. The first-order valence-electron chi connectivity index (χ1n) is 6.71. The van der Waals surface area contributed by atoms with Gasteiger partial charge in [0.25, 0.3) is 0 Å². The second-order valence-electron chi connectivity index (χ2n) is 4.77. The topological polar surface area (TPSA) is 23.5 Å². The largest absolute Gasteiger partial charge is 0.378 e. The number of hydrogen-bond acceptors (Lipinski definition) is 2. The number of nitrogens with zero attached hydrogens (tertiary/aromatic N) is 1. The molecule has 2 aromatic rings. The Morgan fingerprint density at radius 2 is 1.42 bits per heavy atom. The highest BCUT2D eigenvalue weighted by Gasteiger charge is 2.31. The molecule has 1 aliphatic heterocycles. The van der Waals surface area contributed by atoms with Gasteiger partial charge in [0.05, 0.1) is 0 Å². The average molecular weight is 271 g/mol. The van der Waals surface area contributed by atoms with E-state index in [4.69, 9.17) is 0 Å². The lowest BCUT2D eigenvalue weighted by atomic mass is 10.4. The molecule has 19 heavy (non-hydrogen) atoms. The van der Waals surface area contributed by atoms with Crippen molar-refractivity contribution in [3.63, 3.8) is 0 Å². The van der Waals surface area contributed by atoms with Gasteiger partial charge in [0, 0.05) is 14.6 Å². The third-order valence-corrected chi connectivity index (χ3v) is 6.01. The first-order chi connectivity index (χ1) is 9.36. The van der Waals surface area contributed by atoms with Crippen molar-refractivity contribution in [3.8, 4) is 0 Å². The maximum atomic E-state index is 10.2. The highest BCUT2D eigenvalue weighted by atomic mass is 31.1. The Hall–Kier alpha value is -1.21. The zero-order chi connectivity index (χ0) is 13.1. The third kappa shape index (κ3) is 2.71. The molecule has 0 radical (unpaired) electrons. The number of benzene rings is 2. The lowest BCUT2D eigenvalue weighted by molar-refractivity contribution is 0.0994. The van der Waals surface area contributed by atoms with E-state index in [-0.39, 0.29) is 6.23 Å². The van der Waals surface area contributed by atoms with Crippen molar-refractivity contribution < 1.29 is 5.11 Å². The Bertz CT molecular complexity index is 477. The number of aliphatic hydroxyl groups excluding tert-OH is 1. The van der Waals surface area contributed by atoms with Crippen LogP contribution in [-0.2, 0) is 0 Å². The van der Waals surface area contributed by atoms with Crippen LogP contribution >= 0.6 is 8.07 Å². The van der Waals surface area contributed by atoms with E-state index in [1.54, 1.807) is 0 Å². The van der Waals surface area contributed by atoms with Crippen LogP contribution < -0.4 is 10.6 Å². The van der Waals surface area contributed by atoms with Crippen molar-refractivity contribution in [2.75, 3.05) is 6.54 Å². The highest BCUT2D eigenvalue weighted by molar-refractivity contribution is 7.70. The molecule has 1 aliphatic rings. The first kappa shape index (κ1) is 12.8. The van der Waals surface area contributed by atoms with Gasteiger partial charge in [0.1, 0.15) is 6.23 Å². The molecule has 98 valence electrons. The molecule has 1 unspecified atom stereocenters. The molecule has 2 nitrogen and oxygen atoms in total. The monoisotopic (exact) mass is 271 g/mol. The predicted molar refractivity (Wildman–Crippen MR) is 81.0 cm³/mol. The fourth-order valence-electron chi connectivity index (χ4n) is 2.55. The van der Waals surface area contributed by atoms with E-state index in [0.29, 0.717) is 0 Å². The molecule has 1 N–H and O–H groups in total. The summed E-state index contributed by atoms with van der Waals surface area (Å²) in [6.07, 6.45) is 1.67. The lowest BCUT2D eigenvalue weighted by Gasteiger charge is -2.31. The number of aliphatic hydroxyl groups is 1. The van der Waals surface area contributed by atoms with Gasteiger partial charge in [0.2, 0.25) is 0 Å². The van der Waals surface area contributed by atoms with Crippen LogP contribution in [0.3, 0.4) is 0 Å². The van der Waals surface area contributed by atoms with Crippen LogP contribution in [0, 0.1) is 0 Å². The Morgan fingerprint density at radius 1 is 0.895 bits per heavy atom. The second-order valence-corrected chi connectivity index (χ2v) is 6.94. The van der Waals surface area contributed by atoms with Crippen molar-refractivity contribution in [1.82, 2.24) is 4.67 Å². The zero-order valence-electron chi connectivity index (χ0n) is 10.8. The predicted octanol–water partition coefficient (Wildman–Crippen LogP) is 2.45. The van der Waals surface area contributed by atoms with Gasteiger partial charge in [-0.25, -0.2) is 4.67 Å². The zero-order valence-corrected chi connectivity index (χ0v) is 11.7. The van der Waals surface area contributed by atoms with Gasteiger partial charge in [-0.2, -0.15) is 0 Å². The molecule has 0 spiro atoms. The molecule has 1 heterocycles. The molecule has 2 aromatic carbocycles. The van der Waals surface area contributed by atoms with Crippen molar-refractivity contribution in [2.45, 2.75) is 19.1 Å². The van der Waals surface area contributed by atoms with E-state index in [2.05, 4.69) is 53.2 Å². The van der Waals surface area contributed by atoms with Gasteiger partial charge >= 0.3 is 0 Å². The number of rotatable bonds is 3. The SMILES string of the molecule is OC1CCCN1P(c1ccccc1)c1ccccc1. The Balaban J connectivity index is 2.01. The summed E-state index contributed by atoms with van der Waals surface area (Å²) in [5.41, 5.74) is 0. The minimum Gasteiger partial charge on any atom is -0.378 e. The van der Waals surface area contributed by atoms with Crippen LogP contribution in [0.15, 0.2) is 60.7 Å². The maximum absolute atomic E-state index is 10.2. The van der Waals surface area contributed by atoms with Gasteiger partial charge in [-0.05, 0) is 23.5 Å². The van der Waals surface area contributed by atoms with Crippen molar-refractivity contribution in [2.24, 2.45) is 0 Å². The quantitative estimate of drug-likeness (QED) is 0.867. The first-order valence-corrected chi connectivity index (χ1v) is 8.00. The molecule has 3 heteroatoms. The molecular weight excluding hydrogens is 253 g/mol. The Morgan fingerprint density at radius 3 is 1.84 bits per heavy atom. The van der Waals surface area contributed by atoms with Crippen molar-refractivity contribution in [1.29, 1.82) is 0 Å². The summed E-state index contributed by atoms with van der Waals surface area (Å²) < 4.78 is 2.26. The molecule has 1 fully saturated rings.